The van der Waals surface area contributed by atoms with Crippen LogP contribution >= 0.6 is 0 Å². The quantitative estimate of drug-likeness (QED) is 0.591. The predicted octanol–water partition coefficient (Wildman–Crippen LogP) is 3.07. The summed E-state index contributed by atoms with van der Waals surface area (Å²) in [5, 5.41) is 6.02. The fourth-order valence-electron chi connectivity index (χ4n) is 4.31. The molecule has 0 bridgehead atoms. The van der Waals surface area contributed by atoms with Crippen molar-refractivity contribution in [3.8, 4) is 22.8 Å². The number of hydrogen-bond acceptors (Lipinski definition) is 9. The molecule has 3 aliphatic rings. The number of carbonyl (C=O) groups excluding carboxylic acids is 1. The number of hydrogen-bond donors (Lipinski definition) is 2. The summed E-state index contributed by atoms with van der Waals surface area (Å²) < 4.78 is 28.2. The summed E-state index contributed by atoms with van der Waals surface area (Å²) in [5.74, 6) is 1.87. The van der Waals surface area contributed by atoms with E-state index in [0.29, 0.717) is 24.0 Å². The van der Waals surface area contributed by atoms with Gasteiger partial charge in [0, 0.05) is 17.4 Å². The highest BCUT2D eigenvalue weighted by molar-refractivity contribution is 5.84. The van der Waals surface area contributed by atoms with Crippen LogP contribution in [-0.2, 0) is 14.2 Å². The van der Waals surface area contributed by atoms with Crippen LogP contribution in [0.5, 0.6) is 11.5 Å². The lowest BCUT2D eigenvalue weighted by atomic mass is 10.1. The SMILES string of the molecule is O=C(Nc1ccccc1)O[C@H]1CO[C@@H]2[C@@H]1OC[C@@H]2Nc1nccc(-c2ccc3c(c2)OCO3)n1. The minimum absolute atomic E-state index is 0.178. The Morgan fingerprint density at radius 2 is 1.82 bits per heavy atom. The molecular formula is C24H22N4O6. The van der Waals surface area contributed by atoms with Crippen LogP contribution < -0.4 is 20.1 Å². The number of ether oxygens (including phenoxy) is 5. The lowest BCUT2D eigenvalue weighted by Gasteiger charge is -2.18. The molecule has 2 fully saturated rings. The van der Waals surface area contributed by atoms with Crippen molar-refractivity contribution in [1.82, 2.24) is 9.97 Å². The monoisotopic (exact) mass is 462 g/mol. The summed E-state index contributed by atoms with van der Waals surface area (Å²) in [5.41, 5.74) is 2.30. The van der Waals surface area contributed by atoms with Gasteiger partial charge < -0.3 is 29.0 Å². The Balaban J connectivity index is 1.09. The zero-order valence-corrected chi connectivity index (χ0v) is 18.0. The number of aromatic nitrogens is 2. The first-order valence-electron chi connectivity index (χ1n) is 11.0. The largest absolute Gasteiger partial charge is 0.454 e. The van der Waals surface area contributed by atoms with Gasteiger partial charge in [-0.05, 0) is 36.4 Å². The second-order valence-corrected chi connectivity index (χ2v) is 8.12. The highest BCUT2D eigenvalue weighted by atomic mass is 16.7. The molecule has 2 N–H and O–H groups in total. The third-order valence-electron chi connectivity index (χ3n) is 5.92. The van der Waals surface area contributed by atoms with E-state index in [1.54, 1.807) is 18.3 Å². The first-order valence-corrected chi connectivity index (χ1v) is 11.0. The maximum atomic E-state index is 12.3. The molecule has 1 aromatic heterocycles. The molecule has 174 valence electrons. The van der Waals surface area contributed by atoms with Crippen molar-refractivity contribution < 1.29 is 28.5 Å². The average molecular weight is 462 g/mol. The number of nitrogens with zero attached hydrogens (tertiary/aromatic N) is 2. The van der Waals surface area contributed by atoms with E-state index in [1.807, 2.05) is 42.5 Å². The first kappa shape index (κ1) is 20.7. The minimum Gasteiger partial charge on any atom is -0.454 e. The fourth-order valence-corrected chi connectivity index (χ4v) is 4.31. The molecule has 2 aromatic carbocycles. The highest BCUT2D eigenvalue weighted by Crippen LogP contribution is 2.36. The van der Waals surface area contributed by atoms with Crippen LogP contribution in [0.2, 0.25) is 0 Å². The smallest absolute Gasteiger partial charge is 0.412 e. The van der Waals surface area contributed by atoms with Crippen molar-refractivity contribution in [2.75, 3.05) is 30.6 Å². The Hall–Kier alpha value is -3.89. The van der Waals surface area contributed by atoms with Gasteiger partial charge in [-0.15, -0.1) is 0 Å². The Morgan fingerprint density at radius 3 is 2.74 bits per heavy atom. The van der Waals surface area contributed by atoms with Crippen molar-refractivity contribution in [2.45, 2.75) is 24.4 Å². The average Bonchev–Trinajstić information content (AvgIpc) is 3.58. The van der Waals surface area contributed by atoms with Gasteiger partial charge in [-0.25, -0.2) is 14.8 Å². The number of para-hydroxylation sites is 1. The molecule has 10 heteroatoms. The zero-order valence-electron chi connectivity index (χ0n) is 18.0. The van der Waals surface area contributed by atoms with Crippen LogP contribution in [-0.4, -0.2) is 60.4 Å². The van der Waals surface area contributed by atoms with Gasteiger partial charge >= 0.3 is 6.09 Å². The molecule has 0 spiro atoms. The molecule has 1 amide bonds. The third-order valence-corrected chi connectivity index (χ3v) is 5.92. The van der Waals surface area contributed by atoms with Crippen LogP contribution in [0.25, 0.3) is 11.3 Å². The van der Waals surface area contributed by atoms with Crippen LogP contribution in [0.1, 0.15) is 0 Å². The van der Waals surface area contributed by atoms with Gasteiger partial charge in [-0.3, -0.25) is 5.32 Å². The van der Waals surface area contributed by atoms with E-state index in [-0.39, 0.29) is 31.6 Å². The van der Waals surface area contributed by atoms with Gasteiger partial charge in [-0.2, -0.15) is 0 Å². The van der Waals surface area contributed by atoms with Gasteiger partial charge in [-0.1, -0.05) is 18.2 Å². The van der Waals surface area contributed by atoms with Crippen molar-refractivity contribution in [1.29, 1.82) is 0 Å². The molecular weight excluding hydrogens is 440 g/mol. The molecule has 0 aliphatic carbocycles. The van der Waals surface area contributed by atoms with Gasteiger partial charge in [0.25, 0.3) is 0 Å². The Kier molecular flexibility index (Phi) is 5.36. The minimum atomic E-state index is -0.541. The third kappa shape index (κ3) is 4.09. The summed E-state index contributed by atoms with van der Waals surface area (Å²) in [6, 6.07) is 16.5. The van der Waals surface area contributed by atoms with Gasteiger partial charge in [0.15, 0.2) is 17.6 Å². The van der Waals surface area contributed by atoms with Crippen molar-refractivity contribution in [3.05, 3.63) is 60.8 Å². The Labute approximate surface area is 195 Å². The van der Waals surface area contributed by atoms with Gasteiger partial charge in [0.1, 0.15) is 12.2 Å². The van der Waals surface area contributed by atoms with E-state index in [1.165, 1.54) is 0 Å². The van der Waals surface area contributed by atoms with Gasteiger partial charge in [0.2, 0.25) is 12.7 Å². The molecule has 3 aliphatic heterocycles. The molecule has 6 rings (SSSR count). The summed E-state index contributed by atoms with van der Waals surface area (Å²) >= 11 is 0. The molecule has 4 atom stereocenters. The molecule has 10 nitrogen and oxygen atoms in total. The van der Waals surface area contributed by atoms with Crippen molar-refractivity contribution in [2.24, 2.45) is 0 Å². The topological polar surface area (TPSA) is 113 Å². The lowest BCUT2D eigenvalue weighted by Crippen LogP contribution is -2.38. The predicted molar refractivity (Wildman–Crippen MR) is 121 cm³/mol. The second-order valence-electron chi connectivity index (χ2n) is 8.12. The number of carbonyl (C=O) groups is 1. The van der Waals surface area contributed by atoms with E-state index < -0.39 is 12.2 Å². The molecule has 0 saturated carbocycles. The Morgan fingerprint density at radius 1 is 0.971 bits per heavy atom. The van der Waals surface area contributed by atoms with Gasteiger partial charge in [0.05, 0.1) is 24.9 Å². The van der Waals surface area contributed by atoms with E-state index in [2.05, 4.69) is 20.6 Å². The molecule has 0 radical (unpaired) electrons. The van der Waals surface area contributed by atoms with E-state index in [9.17, 15) is 4.79 Å². The van der Waals surface area contributed by atoms with Crippen LogP contribution in [0.4, 0.5) is 16.4 Å². The van der Waals surface area contributed by atoms with Crippen molar-refractivity contribution >= 4 is 17.7 Å². The molecule has 34 heavy (non-hydrogen) atoms. The van der Waals surface area contributed by atoms with Crippen molar-refractivity contribution in [3.63, 3.8) is 0 Å². The molecule has 4 heterocycles. The van der Waals surface area contributed by atoms with Crippen LogP contribution in [0.3, 0.4) is 0 Å². The summed E-state index contributed by atoms with van der Waals surface area (Å²) in [6.45, 7) is 0.860. The number of rotatable bonds is 5. The highest BCUT2D eigenvalue weighted by Gasteiger charge is 2.49. The van der Waals surface area contributed by atoms with Crippen LogP contribution in [0, 0.1) is 0 Å². The number of benzene rings is 2. The molecule has 0 unspecified atom stereocenters. The summed E-state index contributed by atoms with van der Waals surface area (Å²) in [7, 11) is 0. The maximum absolute atomic E-state index is 12.3. The number of nitrogens with one attached hydrogen (secondary N) is 2. The summed E-state index contributed by atoms with van der Waals surface area (Å²) in [4.78, 5) is 21.3. The zero-order chi connectivity index (χ0) is 22.9. The Bertz CT molecular complexity index is 1190. The maximum Gasteiger partial charge on any atom is 0.412 e. The number of anilines is 2. The molecule has 3 aromatic rings. The summed E-state index contributed by atoms with van der Waals surface area (Å²) in [6.07, 6.45) is 0.00253. The van der Waals surface area contributed by atoms with E-state index in [4.69, 9.17) is 23.7 Å². The van der Waals surface area contributed by atoms with E-state index >= 15 is 0 Å². The molecule has 2 saturated heterocycles. The first-order chi connectivity index (χ1) is 16.7. The fraction of sp³-hybridized carbons (Fsp3) is 0.292. The lowest BCUT2D eigenvalue weighted by molar-refractivity contribution is 0.00917. The number of fused-ring (bicyclic) bond motifs is 2. The normalized spacial score (nSPS) is 24.5. The number of amides is 1. The van der Waals surface area contributed by atoms with E-state index in [0.717, 1.165) is 17.0 Å². The standard InChI is InChI=1S/C24H22N4O6/c29-24(26-15-4-2-1-3-5-15)34-20-12-31-21-17(11-30-22(20)21)28-23-25-9-8-16(27-23)14-6-7-18-19(10-14)33-13-32-18/h1-10,17,20-22H,11-13H2,(H,26,29)(H,25,27,28)/t17-,20-,21-,22+/m0/s1. The van der Waals surface area contributed by atoms with Crippen LogP contribution in [0.15, 0.2) is 60.8 Å². The second kappa shape index (κ2) is 8.81.